The molecular weight excluding hydrogens is 196 g/mol. The highest BCUT2D eigenvalue weighted by atomic mass is 16.5. The average Bonchev–Trinajstić information content (AvgIpc) is 2.27. The summed E-state index contributed by atoms with van der Waals surface area (Å²) in [7, 11) is 0. The summed E-state index contributed by atoms with van der Waals surface area (Å²) in [5, 5.41) is 0. The van der Waals surface area contributed by atoms with E-state index in [0.29, 0.717) is 22.2 Å². The Morgan fingerprint density at radius 1 is 1.00 bits per heavy atom. The van der Waals surface area contributed by atoms with Crippen molar-refractivity contribution in [2.24, 2.45) is 22.2 Å². The zero-order chi connectivity index (χ0) is 12.6. The molecule has 0 saturated carbocycles. The van der Waals surface area contributed by atoms with Crippen LogP contribution < -0.4 is 0 Å². The first kappa shape index (κ1) is 14.0. The Bertz CT molecular complexity index is 238. The highest BCUT2D eigenvalue weighted by Gasteiger charge is 2.43. The van der Waals surface area contributed by atoms with Gasteiger partial charge in [0, 0.05) is 0 Å². The first-order valence-corrected chi connectivity index (χ1v) is 6.68. The number of hydrogen-bond acceptors (Lipinski definition) is 1. The summed E-state index contributed by atoms with van der Waals surface area (Å²) in [5.74, 6) is 0.704. The molecule has 0 radical (unpaired) electrons. The van der Waals surface area contributed by atoms with Crippen molar-refractivity contribution >= 4 is 0 Å². The lowest BCUT2D eigenvalue weighted by molar-refractivity contribution is -0.0166. The maximum Gasteiger partial charge on any atom is 0.0525 e. The van der Waals surface area contributed by atoms with Gasteiger partial charge in [-0.3, -0.25) is 0 Å². The smallest absolute Gasteiger partial charge is 0.0525 e. The molecule has 0 bridgehead atoms. The van der Waals surface area contributed by atoms with Crippen LogP contribution in [-0.4, -0.2) is 13.2 Å². The van der Waals surface area contributed by atoms with E-state index >= 15 is 0 Å². The van der Waals surface area contributed by atoms with Gasteiger partial charge in [-0.1, -0.05) is 48.5 Å². The SMILES string of the molecule is CC(C)C1(C)CCC(C)(C(C)(C)C)COC1. The van der Waals surface area contributed by atoms with Gasteiger partial charge in [-0.25, -0.2) is 0 Å². The second-order valence-corrected chi connectivity index (χ2v) is 7.61. The third-order valence-electron chi connectivity index (χ3n) is 5.30. The molecule has 0 aromatic rings. The summed E-state index contributed by atoms with van der Waals surface area (Å²) < 4.78 is 6.01. The predicted octanol–water partition coefficient (Wildman–Crippen LogP) is 4.51. The topological polar surface area (TPSA) is 9.23 Å². The summed E-state index contributed by atoms with van der Waals surface area (Å²) in [5.41, 5.74) is 1.01. The van der Waals surface area contributed by atoms with Crippen molar-refractivity contribution in [2.75, 3.05) is 13.2 Å². The molecule has 0 aromatic carbocycles. The standard InChI is InChI=1S/C15H30O/c1-12(2)14(6)8-9-15(7,11-16-10-14)13(3,4)5/h12H,8-11H2,1-7H3. The van der Waals surface area contributed by atoms with Gasteiger partial charge in [0.1, 0.15) is 0 Å². The van der Waals surface area contributed by atoms with Crippen molar-refractivity contribution in [3.63, 3.8) is 0 Å². The lowest BCUT2D eigenvalue weighted by Gasteiger charge is -2.41. The second kappa shape index (κ2) is 4.33. The molecule has 1 fully saturated rings. The van der Waals surface area contributed by atoms with Crippen LogP contribution in [0.2, 0.25) is 0 Å². The van der Waals surface area contributed by atoms with Crippen LogP contribution in [0.25, 0.3) is 0 Å². The summed E-state index contributed by atoms with van der Waals surface area (Å²) in [4.78, 5) is 0. The molecule has 2 atom stereocenters. The van der Waals surface area contributed by atoms with E-state index in [4.69, 9.17) is 4.74 Å². The minimum absolute atomic E-state index is 0.319. The molecule has 1 aliphatic heterocycles. The molecule has 0 aliphatic carbocycles. The molecule has 1 rings (SSSR count). The van der Waals surface area contributed by atoms with E-state index in [2.05, 4.69) is 48.5 Å². The highest BCUT2D eigenvalue weighted by Crippen LogP contribution is 2.48. The van der Waals surface area contributed by atoms with Crippen LogP contribution >= 0.6 is 0 Å². The maximum absolute atomic E-state index is 6.01. The largest absolute Gasteiger partial charge is 0.380 e. The number of rotatable bonds is 1. The normalized spacial score (nSPS) is 37.5. The lowest BCUT2D eigenvalue weighted by Crippen LogP contribution is -2.36. The lowest BCUT2D eigenvalue weighted by atomic mass is 9.63. The van der Waals surface area contributed by atoms with E-state index in [1.54, 1.807) is 0 Å². The van der Waals surface area contributed by atoms with Crippen LogP contribution in [0.3, 0.4) is 0 Å². The van der Waals surface area contributed by atoms with E-state index in [1.165, 1.54) is 12.8 Å². The van der Waals surface area contributed by atoms with Gasteiger partial charge < -0.3 is 4.74 Å². The van der Waals surface area contributed by atoms with E-state index in [-0.39, 0.29) is 0 Å². The first-order valence-electron chi connectivity index (χ1n) is 6.68. The van der Waals surface area contributed by atoms with Gasteiger partial charge in [-0.2, -0.15) is 0 Å². The zero-order valence-corrected chi connectivity index (χ0v) is 12.3. The van der Waals surface area contributed by atoms with Gasteiger partial charge in [0.05, 0.1) is 13.2 Å². The van der Waals surface area contributed by atoms with Gasteiger partial charge >= 0.3 is 0 Å². The fourth-order valence-electron chi connectivity index (χ4n) is 2.26. The molecule has 1 heterocycles. The monoisotopic (exact) mass is 226 g/mol. The molecule has 96 valence electrons. The zero-order valence-electron chi connectivity index (χ0n) is 12.3. The Hall–Kier alpha value is -0.0400. The van der Waals surface area contributed by atoms with Crippen LogP contribution in [0.1, 0.15) is 61.3 Å². The first-order chi connectivity index (χ1) is 7.11. The average molecular weight is 226 g/mol. The Labute approximate surface area is 102 Å². The van der Waals surface area contributed by atoms with Crippen LogP contribution in [0.4, 0.5) is 0 Å². The third-order valence-corrected chi connectivity index (χ3v) is 5.30. The fourth-order valence-corrected chi connectivity index (χ4v) is 2.26. The van der Waals surface area contributed by atoms with Crippen molar-refractivity contribution in [3.05, 3.63) is 0 Å². The molecule has 1 aliphatic rings. The van der Waals surface area contributed by atoms with Crippen molar-refractivity contribution < 1.29 is 4.74 Å². The van der Waals surface area contributed by atoms with E-state index in [0.717, 1.165) is 13.2 Å². The molecule has 0 N–H and O–H groups in total. The minimum Gasteiger partial charge on any atom is -0.380 e. The number of hydrogen-bond donors (Lipinski definition) is 0. The van der Waals surface area contributed by atoms with E-state index in [1.807, 2.05) is 0 Å². The van der Waals surface area contributed by atoms with Crippen LogP contribution in [0, 0.1) is 22.2 Å². The molecule has 1 heteroatoms. The van der Waals surface area contributed by atoms with Crippen LogP contribution in [-0.2, 0) is 4.74 Å². The molecule has 2 unspecified atom stereocenters. The Morgan fingerprint density at radius 2 is 1.56 bits per heavy atom. The van der Waals surface area contributed by atoms with Gasteiger partial charge in [0.2, 0.25) is 0 Å². The van der Waals surface area contributed by atoms with Gasteiger partial charge in [0.25, 0.3) is 0 Å². The molecule has 0 aromatic heterocycles. The summed E-state index contributed by atoms with van der Waals surface area (Å²) >= 11 is 0. The summed E-state index contributed by atoms with van der Waals surface area (Å²) in [6.07, 6.45) is 2.57. The van der Waals surface area contributed by atoms with Crippen LogP contribution in [0.5, 0.6) is 0 Å². The quantitative estimate of drug-likeness (QED) is 0.639. The van der Waals surface area contributed by atoms with Gasteiger partial charge in [-0.05, 0) is 35.0 Å². The van der Waals surface area contributed by atoms with Gasteiger partial charge in [-0.15, -0.1) is 0 Å². The molecular formula is C15H30O. The predicted molar refractivity (Wildman–Crippen MR) is 70.6 cm³/mol. The summed E-state index contributed by atoms with van der Waals surface area (Å²) in [6, 6.07) is 0. The van der Waals surface area contributed by atoms with Crippen molar-refractivity contribution in [2.45, 2.75) is 61.3 Å². The summed E-state index contributed by atoms with van der Waals surface area (Å²) in [6.45, 7) is 18.3. The van der Waals surface area contributed by atoms with Crippen molar-refractivity contribution in [1.29, 1.82) is 0 Å². The molecule has 0 amide bonds. The van der Waals surface area contributed by atoms with Crippen molar-refractivity contribution in [1.82, 2.24) is 0 Å². The van der Waals surface area contributed by atoms with Crippen molar-refractivity contribution in [3.8, 4) is 0 Å². The fraction of sp³-hybridized carbons (Fsp3) is 1.00. The second-order valence-electron chi connectivity index (χ2n) is 7.61. The highest BCUT2D eigenvalue weighted by molar-refractivity contribution is 4.92. The third kappa shape index (κ3) is 2.61. The molecule has 16 heavy (non-hydrogen) atoms. The molecule has 1 nitrogen and oxygen atoms in total. The minimum atomic E-state index is 0.319. The van der Waals surface area contributed by atoms with E-state index in [9.17, 15) is 0 Å². The Morgan fingerprint density at radius 3 is 2.00 bits per heavy atom. The van der Waals surface area contributed by atoms with Gasteiger partial charge in [0.15, 0.2) is 0 Å². The Balaban J connectivity index is 2.81. The van der Waals surface area contributed by atoms with E-state index < -0.39 is 0 Å². The Kier molecular flexibility index (Phi) is 3.79. The number of ether oxygens (including phenoxy) is 1. The van der Waals surface area contributed by atoms with Crippen LogP contribution in [0.15, 0.2) is 0 Å². The molecule has 1 saturated heterocycles. The maximum atomic E-state index is 6.01. The molecule has 0 spiro atoms.